The summed E-state index contributed by atoms with van der Waals surface area (Å²) in [4.78, 5) is 12.9. The number of amides is 2. The van der Waals surface area contributed by atoms with Crippen LogP contribution in [-0.2, 0) is 0 Å². The summed E-state index contributed by atoms with van der Waals surface area (Å²) in [6.07, 6.45) is 0. The molecule has 0 aliphatic carbocycles. The Bertz CT molecular complexity index is 737. The predicted molar refractivity (Wildman–Crippen MR) is 86.0 cm³/mol. The molecule has 21 heavy (non-hydrogen) atoms. The average Bonchev–Trinajstić information content (AvgIpc) is 3.12. The molecule has 106 valence electrons. The Morgan fingerprint density at radius 1 is 1.19 bits per heavy atom. The minimum atomic E-state index is -0.360. The van der Waals surface area contributed by atoms with Gasteiger partial charge in [0.25, 0.3) is 0 Å². The van der Waals surface area contributed by atoms with E-state index in [2.05, 4.69) is 20.8 Å². The minimum absolute atomic E-state index is 0.360. The molecule has 3 aromatic rings. The number of urea groups is 1. The third-order valence-electron chi connectivity index (χ3n) is 2.71. The van der Waals surface area contributed by atoms with E-state index in [1.807, 2.05) is 17.5 Å². The molecule has 0 fully saturated rings. The number of aromatic amines is 1. The summed E-state index contributed by atoms with van der Waals surface area (Å²) >= 11 is 7.39. The zero-order valence-corrected chi connectivity index (χ0v) is 12.3. The van der Waals surface area contributed by atoms with Crippen LogP contribution in [-0.4, -0.2) is 16.2 Å². The van der Waals surface area contributed by atoms with Gasteiger partial charge in [0.2, 0.25) is 0 Å². The Hall–Kier alpha value is -2.31. The highest BCUT2D eigenvalue weighted by Crippen LogP contribution is 2.24. The van der Waals surface area contributed by atoms with E-state index in [0.717, 1.165) is 10.6 Å². The van der Waals surface area contributed by atoms with Crippen LogP contribution in [0.1, 0.15) is 0 Å². The maximum absolute atomic E-state index is 11.9. The van der Waals surface area contributed by atoms with Crippen LogP contribution in [0.15, 0.2) is 47.8 Å². The summed E-state index contributed by atoms with van der Waals surface area (Å²) in [6, 6.07) is 12.2. The van der Waals surface area contributed by atoms with Gasteiger partial charge in [-0.2, -0.15) is 5.10 Å². The highest BCUT2D eigenvalue weighted by Gasteiger charge is 2.08. The second-order valence-corrected chi connectivity index (χ2v) is 5.61. The van der Waals surface area contributed by atoms with Crippen LogP contribution in [0.25, 0.3) is 10.6 Å². The normalized spacial score (nSPS) is 10.3. The molecule has 2 heterocycles. The summed E-state index contributed by atoms with van der Waals surface area (Å²) in [5.74, 6) is 0.463. The van der Waals surface area contributed by atoms with Crippen molar-refractivity contribution in [3.05, 3.63) is 52.9 Å². The fourth-order valence-electron chi connectivity index (χ4n) is 1.76. The number of hydrogen-bond donors (Lipinski definition) is 3. The second-order valence-electron chi connectivity index (χ2n) is 4.23. The van der Waals surface area contributed by atoms with Gasteiger partial charge in [0.1, 0.15) is 0 Å². The quantitative estimate of drug-likeness (QED) is 0.668. The lowest BCUT2D eigenvalue weighted by Crippen LogP contribution is -2.19. The highest BCUT2D eigenvalue weighted by molar-refractivity contribution is 7.13. The summed E-state index contributed by atoms with van der Waals surface area (Å²) in [6.45, 7) is 0. The van der Waals surface area contributed by atoms with Crippen LogP contribution in [0.2, 0.25) is 5.02 Å². The number of halogens is 1. The van der Waals surface area contributed by atoms with Crippen molar-refractivity contribution in [2.24, 2.45) is 0 Å². The molecular weight excluding hydrogens is 308 g/mol. The van der Waals surface area contributed by atoms with Crippen LogP contribution in [0, 0.1) is 0 Å². The van der Waals surface area contributed by atoms with Crippen LogP contribution in [0.4, 0.5) is 16.3 Å². The zero-order valence-electron chi connectivity index (χ0n) is 10.8. The Morgan fingerprint density at radius 2 is 2.00 bits per heavy atom. The van der Waals surface area contributed by atoms with Gasteiger partial charge >= 0.3 is 6.03 Å². The number of anilines is 2. The molecule has 0 unspecified atom stereocenters. The SMILES string of the molecule is O=C(Nc1ccc(Cl)cc1)Nc1cc(-c2cccs2)[nH]n1. The van der Waals surface area contributed by atoms with Crippen molar-refractivity contribution < 1.29 is 4.79 Å². The van der Waals surface area contributed by atoms with Crippen molar-refractivity contribution in [2.45, 2.75) is 0 Å². The fourth-order valence-corrected chi connectivity index (χ4v) is 2.57. The lowest BCUT2D eigenvalue weighted by molar-refractivity contribution is 0.262. The molecule has 3 rings (SSSR count). The van der Waals surface area contributed by atoms with Gasteiger partial charge in [0.15, 0.2) is 5.82 Å². The van der Waals surface area contributed by atoms with Gasteiger partial charge in [-0.1, -0.05) is 17.7 Å². The zero-order chi connectivity index (χ0) is 14.7. The number of nitrogens with zero attached hydrogens (tertiary/aromatic N) is 1. The molecule has 0 aliphatic rings. The van der Waals surface area contributed by atoms with E-state index in [9.17, 15) is 4.79 Å². The number of rotatable bonds is 3. The van der Waals surface area contributed by atoms with Crippen molar-refractivity contribution in [2.75, 3.05) is 10.6 Å². The van der Waals surface area contributed by atoms with Crippen molar-refractivity contribution >= 4 is 40.5 Å². The third-order valence-corrected chi connectivity index (χ3v) is 3.86. The molecule has 0 bridgehead atoms. The lowest BCUT2D eigenvalue weighted by atomic mass is 10.3. The van der Waals surface area contributed by atoms with Gasteiger partial charge in [-0.05, 0) is 35.7 Å². The summed E-state index contributed by atoms with van der Waals surface area (Å²) < 4.78 is 0. The van der Waals surface area contributed by atoms with E-state index in [1.165, 1.54) is 0 Å². The van der Waals surface area contributed by atoms with E-state index in [-0.39, 0.29) is 6.03 Å². The van der Waals surface area contributed by atoms with Gasteiger partial charge < -0.3 is 5.32 Å². The summed E-state index contributed by atoms with van der Waals surface area (Å²) in [5.41, 5.74) is 1.53. The number of hydrogen-bond acceptors (Lipinski definition) is 3. The Morgan fingerprint density at radius 3 is 2.71 bits per heavy atom. The molecule has 3 N–H and O–H groups in total. The van der Waals surface area contributed by atoms with E-state index < -0.39 is 0 Å². The van der Waals surface area contributed by atoms with Gasteiger partial charge in [-0.15, -0.1) is 11.3 Å². The lowest BCUT2D eigenvalue weighted by Gasteiger charge is -2.05. The highest BCUT2D eigenvalue weighted by atomic mass is 35.5. The number of carbonyl (C=O) groups excluding carboxylic acids is 1. The number of thiophene rings is 1. The number of nitrogens with one attached hydrogen (secondary N) is 3. The first-order chi connectivity index (χ1) is 10.2. The van der Waals surface area contributed by atoms with Gasteiger partial charge in [-0.25, -0.2) is 4.79 Å². The molecule has 0 atom stereocenters. The molecular formula is C14H11ClN4OS. The van der Waals surface area contributed by atoms with E-state index in [0.29, 0.717) is 16.5 Å². The Kier molecular flexibility index (Phi) is 3.89. The molecule has 0 radical (unpaired) electrons. The van der Waals surface area contributed by atoms with Crippen LogP contribution in [0.5, 0.6) is 0 Å². The topological polar surface area (TPSA) is 69.8 Å². The summed E-state index contributed by atoms with van der Waals surface area (Å²) in [5, 5.41) is 14.9. The molecule has 0 spiro atoms. The monoisotopic (exact) mass is 318 g/mol. The van der Waals surface area contributed by atoms with E-state index >= 15 is 0 Å². The Balaban J connectivity index is 1.64. The molecule has 2 aromatic heterocycles. The minimum Gasteiger partial charge on any atom is -0.308 e. The van der Waals surface area contributed by atoms with E-state index in [4.69, 9.17) is 11.6 Å². The van der Waals surface area contributed by atoms with Gasteiger partial charge in [0, 0.05) is 16.8 Å². The largest absolute Gasteiger partial charge is 0.324 e. The molecule has 7 heteroatoms. The standard InChI is InChI=1S/C14H11ClN4OS/c15-9-3-5-10(6-4-9)16-14(20)17-13-8-11(18-19-13)12-2-1-7-21-12/h1-8H,(H3,16,17,18,19,20). The fraction of sp³-hybridized carbons (Fsp3) is 0. The first-order valence-corrected chi connectivity index (χ1v) is 7.39. The van der Waals surface area contributed by atoms with Crippen LogP contribution >= 0.6 is 22.9 Å². The molecule has 2 amide bonds. The van der Waals surface area contributed by atoms with Crippen molar-refractivity contribution in [1.29, 1.82) is 0 Å². The van der Waals surface area contributed by atoms with Crippen molar-refractivity contribution in [3.63, 3.8) is 0 Å². The van der Waals surface area contributed by atoms with Crippen LogP contribution < -0.4 is 10.6 Å². The Labute approximate surface area is 130 Å². The van der Waals surface area contributed by atoms with Crippen molar-refractivity contribution in [1.82, 2.24) is 10.2 Å². The first kappa shape index (κ1) is 13.7. The molecule has 5 nitrogen and oxygen atoms in total. The second kappa shape index (κ2) is 5.99. The molecule has 0 aliphatic heterocycles. The number of H-pyrrole nitrogens is 1. The van der Waals surface area contributed by atoms with Gasteiger partial charge in [0.05, 0.1) is 10.6 Å². The molecule has 0 saturated heterocycles. The van der Waals surface area contributed by atoms with Crippen molar-refractivity contribution in [3.8, 4) is 10.6 Å². The number of carbonyl (C=O) groups is 1. The van der Waals surface area contributed by atoms with Gasteiger partial charge in [-0.3, -0.25) is 10.4 Å². The van der Waals surface area contributed by atoms with Crippen LogP contribution in [0.3, 0.4) is 0 Å². The third kappa shape index (κ3) is 3.42. The maximum Gasteiger partial charge on any atom is 0.324 e. The average molecular weight is 319 g/mol. The molecule has 1 aromatic carbocycles. The van der Waals surface area contributed by atoms with E-state index in [1.54, 1.807) is 41.7 Å². The first-order valence-electron chi connectivity index (χ1n) is 6.13. The summed E-state index contributed by atoms with van der Waals surface area (Å²) in [7, 11) is 0. The maximum atomic E-state index is 11.9. The predicted octanol–water partition coefficient (Wildman–Crippen LogP) is 4.44. The number of aromatic nitrogens is 2. The smallest absolute Gasteiger partial charge is 0.308 e. The number of benzene rings is 1. The molecule has 0 saturated carbocycles.